The van der Waals surface area contributed by atoms with Gasteiger partial charge in [-0.25, -0.2) is 0 Å². The number of hydrogen-bond acceptors (Lipinski definition) is 8. The molecule has 6 nitrogen and oxygen atoms in total. The maximum atomic E-state index is 3.61. The molecule has 6 N–H and O–H groups in total. The van der Waals surface area contributed by atoms with Gasteiger partial charge in [0.1, 0.15) is 0 Å². The maximum absolute atomic E-state index is 3.61. The van der Waals surface area contributed by atoms with E-state index in [4.69, 9.17) is 0 Å². The van der Waals surface area contributed by atoms with E-state index in [1.807, 2.05) is 23.9 Å². The quantitative estimate of drug-likeness (QED) is 0.0211. The first-order valence-corrected chi connectivity index (χ1v) is 23.2. The molecule has 0 unspecified atom stereocenters. The van der Waals surface area contributed by atoms with E-state index in [1.54, 1.807) is 0 Å². The van der Waals surface area contributed by atoms with Gasteiger partial charge in [0, 0.05) is 24.6 Å². The molecule has 0 aromatic rings. The molecule has 0 spiro atoms. The second-order valence-electron chi connectivity index (χ2n) is 17.1. The first kappa shape index (κ1) is 50.2. The molecule has 8 heteroatoms. The molecule has 0 aliphatic rings. The second kappa shape index (κ2) is 34.9. The lowest BCUT2D eigenvalue weighted by Gasteiger charge is -2.35. The highest BCUT2D eigenvalue weighted by molar-refractivity contribution is 7.97. The monoisotopic (exact) mass is 743 g/mol. The first-order chi connectivity index (χ1) is 24.0. The van der Waals surface area contributed by atoms with Gasteiger partial charge in [-0.15, -0.1) is 0 Å². The van der Waals surface area contributed by atoms with E-state index in [1.165, 1.54) is 121 Å². The van der Waals surface area contributed by atoms with E-state index < -0.39 is 0 Å². The SMILES string of the molecule is CCC/C=C\CC(C)(C)CCSNCCCNCCCNCCCCNCCCNCCCNSCCCC(C)(C)CC(C)(C)CCCCC. The Morgan fingerprint density at radius 3 is 1.38 bits per heavy atom. The van der Waals surface area contributed by atoms with Crippen LogP contribution < -0.4 is 30.7 Å². The highest BCUT2D eigenvalue weighted by atomic mass is 32.2. The third kappa shape index (κ3) is 37.9. The zero-order chi connectivity index (χ0) is 37.1. The molecule has 0 rings (SSSR count). The van der Waals surface area contributed by atoms with Crippen molar-refractivity contribution in [3.63, 3.8) is 0 Å². The summed E-state index contributed by atoms with van der Waals surface area (Å²) in [4.78, 5) is 0. The predicted molar refractivity (Wildman–Crippen MR) is 233 cm³/mol. The highest BCUT2D eigenvalue weighted by Crippen LogP contribution is 2.40. The summed E-state index contributed by atoms with van der Waals surface area (Å²) in [5.74, 6) is 2.42. The van der Waals surface area contributed by atoms with Gasteiger partial charge < -0.3 is 21.3 Å². The summed E-state index contributed by atoms with van der Waals surface area (Å²) < 4.78 is 7.12. The molecule has 0 aromatic heterocycles. The number of hydrogen-bond donors (Lipinski definition) is 6. The van der Waals surface area contributed by atoms with E-state index in [0.29, 0.717) is 16.2 Å². The Balaban J connectivity index is 3.31. The van der Waals surface area contributed by atoms with Gasteiger partial charge in [0.15, 0.2) is 0 Å². The number of unbranched alkanes of at least 4 members (excludes halogenated alkanes) is 4. The van der Waals surface area contributed by atoms with Crippen molar-refractivity contribution in [1.29, 1.82) is 0 Å². The summed E-state index contributed by atoms with van der Waals surface area (Å²) in [7, 11) is 0. The summed E-state index contributed by atoms with van der Waals surface area (Å²) in [6.07, 6.45) is 26.4. The van der Waals surface area contributed by atoms with Gasteiger partial charge in [-0.3, -0.25) is 9.44 Å². The van der Waals surface area contributed by atoms with Crippen LogP contribution in [0, 0.1) is 16.2 Å². The van der Waals surface area contributed by atoms with Crippen LogP contribution in [0.2, 0.25) is 0 Å². The molecular weight excluding hydrogens is 653 g/mol. The summed E-state index contributed by atoms with van der Waals surface area (Å²) in [6.45, 7) is 30.4. The van der Waals surface area contributed by atoms with Crippen molar-refractivity contribution in [1.82, 2.24) is 30.7 Å². The van der Waals surface area contributed by atoms with Crippen molar-refractivity contribution in [2.75, 3.05) is 77.0 Å². The number of nitrogens with one attached hydrogen (secondary N) is 6. The van der Waals surface area contributed by atoms with E-state index in [-0.39, 0.29) is 0 Å². The molecule has 300 valence electrons. The molecule has 0 amide bonds. The number of allylic oxidation sites excluding steroid dienone is 2. The molecule has 50 heavy (non-hydrogen) atoms. The van der Waals surface area contributed by atoms with E-state index in [9.17, 15) is 0 Å². The molecule has 0 radical (unpaired) electrons. The molecular formula is C42H90N6S2. The third-order valence-electron chi connectivity index (χ3n) is 9.53. The first-order valence-electron chi connectivity index (χ1n) is 21.2. The lowest BCUT2D eigenvalue weighted by Crippen LogP contribution is -2.26. The predicted octanol–water partition coefficient (Wildman–Crippen LogP) is 10.1. The average molecular weight is 743 g/mol. The van der Waals surface area contributed by atoms with Crippen LogP contribution in [0.1, 0.15) is 165 Å². The summed E-state index contributed by atoms with van der Waals surface area (Å²) in [6, 6.07) is 0. The summed E-state index contributed by atoms with van der Waals surface area (Å²) in [5.41, 5.74) is 1.33. The Bertz CT molecular complexity index is 731. The van der Waals surface area contributed by atoms with Gasteiger partial charge in [0.25, 0.3) is 0 Å². The van der Waals surface area contributed by atoms with Gasteiger partial charge in [0.05, 0.1) is 0 Å². The summed E-state index contributed by atoms with van der Waals surface area (Å²) in [5, 5.41) is 14.4. The largest absolute Gasteiger partial charge is 0.317 e. The molecule has 0 bridgehead atoms. The highest BCUT2D eigenvalue weighted by Gasteiger charge is 2.28. The Labute approximate surface area is 323 Å². The van der Waals surface area contributed by atoms with Gasteiger partial charge in [-0.2, -0.15) is 0 Å². The Kier molecular flexibility index (Phi) is 35.1. The van der Waals surface area contributed by atoms with Crippen LogP contribution in [-0.4, -0.2) is 77.0 Å². The average Bonchev–Trinajstić information content (AvgIpc) is 3.05. The fourth-order valence-corrected chi connectivity index (χ4v) is 8.41. The molecule has 0 saturated heterocycles. The van der Waals surface area contributed by atoms with Crippen LogP contribution in [0.25, 0.3) is 0 Å². The minimum absolute atomic E-state index is 0.406. The zero-order valence-corrected chi connectivity index (χ0v) is 36.6. The standard InChI is InChI=1S/C42H90N6S2/c1-9-11-13-15-23-40(3,4)26-38-50-48-36-22-34-46-32-20-30-44-28-17-16-27-43-29-19-31-45-33-21-35-47-49-37-18-25-42(7,8)39-41(5,6)24-14-12-10-2/h13,15,43-48H,9-12,14,16-39H2,1-8H3/b15-13-. The fourth-order valence-electron chi connectivity index (χ4n) is 6.60. The lowest BCUT2D eigenvalue weighted by molar-refractivity contribution is 0.167. The molecule has 0 aliphatic heterocycles. The van der Waals surface area contributed by atoms with E-state index >= 15 is 0 Å². The van der Waals surface area contributed by atoms with Crippen LogP contribution in [0.5, 0.6) is 0 Å². The smallest absolute Gasteiger partial charge is 0.00838 e. The normalized spacial score (nSPS) is 12.9. The van der Waals surface area contributed by atoms with Crippen LogP contribution in [0.3, 0.4) is 0 Å². The zero-order valence-electron chi connectivity index (χ0n) is 35.0. The van der Waals surface area contributed by atoms with Crippen LogP contribution in [0.4, 0.5) is 0 Å². The van der Waals surface area contributed by atoms with Crippen LogP contribution in [-0.2, 0) is 0 Å². The van der Waals surface area contributed by atoms with Crippen molar-refractivity contribution in [2.45, 2.75) is 165 Å². The minimum Gasteiger partial charge on any atom is -0.317 e. The topological polar surface area (TPSA) is 72.2 Å². The van der Waals surface area contributed by atoms with Crippen LogP contribution >= 0.6 is 23.9 Å². The lowest BCUT2D eigenvalue weighted by atomic mass is 9.71. The van der Waals surface area contributed by atoms with Gasteiger partial charge >= 0.3 is 0 Å². The Hall–Kier alpha value is 0.200. The van der Waals surface area contributed by atoms with Gasteiger partial charge in [-0.1, -0.05) is 117 Å². The van der Waals surface area contributed by atoms with Crippen molar-refractivity contribution in [3.8, 4) is 0 Å². The fraction of sp³-hybridized carbons (Fsp3) is 0.952. The maximum Gasteiger partial charge on any atom is 0.00838 e. The Morgan fingerprint density at radius 2 is 0.880 bits per heavy atom. The molecule has 0 aliphatic carbocycles. The Morgan fingerprint density at radius 1 is 0.420 bits per heavy atom. The minimum atomic E-state index is 0.406. The molecule has 0 aromatic carbocycles. The van der Waals surface area contributed by atoms with Crippen molar-refractivity contribution in [2.24, 2.45) is 16.2 Å². The molecule has 0 atom stereocenters. The molecule has 0 heterocycles. The van der Waals surface area contributed by atoms with E-state index in [2.05, 4.69) is 98.3 Å². The molecule has 0 saturated carbocycles. The van der Waals surface area contributed by atoms with Gasteiger partial charge in [-0.05, 0) is 152 Å². The van der Waals surface area contributed by atoms with Crippen molar-refractivity contribution < 1.29 is 0 Å². The molecule has 0 fully saturated rings. The van der Waals surface area contributed by atoms with Crippen LogP contribution in [0.15, 0.2) is 12.2 Å². The second-order valence-corrected chi connectivity index (χ2v) is 19.0. The van der Waals surface area contributed by atoms with Crippen molar-refractivity contribution in [3.05, 3.63) is 12.2 Å². The third-order valence-corrected chi connectivity index (χ3v) is 11.2. The van der Waals surface area contributed by atoms with Gasteiger partial charge in [0.2, 0.25) is 0 Å². The summed E-state index contributed by atoms with van der Waals surface area (Å²) >= 11 is 3.82. The number of rotatable bonds is 40. The van der Waals surface area contributed by atoms with Crippen molar-refractivity contribution >= 4 is 23.9 Å². The van der Waals surface area contributed by atoms with E-state index in [0.717, 1.165) is 65.4 Å².